The minimum Gasteiger partial charge on any atom is -0.306 e. The topological polar surface area (TPSA) is 29.9 Å². The Labute approximate surface area is 121 Å². The van der Waals surface area contributed by atoms with E-state index in [0.717, 1.165) is 6.54 Å². The molecule has 0 aliphatic heterocycles. The van der Waals surface area contributed by atoms with Gasteiger partial charge in [-0.3, -0.25) is 4.68 Å². The fourth-order valence-corrected chi connectivity index (χ4v) is 3.18. The standard InChI is InChI=1S/C17H23N3/c1-12(2)17-14(11-20(3)19-17)10-18-16-9-8-13-6-4-5-7-15(13)16/h4-7,11-12,16,18H,8-10H2,1-3H3. The summed E-state index contributed by atoms with van der Waals surface area (Å²) in [4.78, 5) is 0. The number of nitrogens with one attached hydrogen (secondary N) is 1. The molecule has 1 heterocycles. The van der Waals surface area contributed by atoms with Gasteiger partial charge >= 0.3 is 0 Å². The molecule has 1 aliphatic carbocycles. The zero-order valence-electron chi connectivity index (χ0n) is 12.6. The Hall–Kier alpha value is -1.61. The first kappa shape index (κ1) is 13.4. The van der Waals surface area contributed by atoms with Crippen molar-refractivity contribution in [3.05, 3.63) is 52.8 Å². The predicted octanol–water partition coefficient (Wildman–Crippen LogP) is 3.32. The molecule has 2 aromatic rings. The van der Waals surface area contributed by atoms with Crippen LogP contribution in [0.1, 0.15) is 54.6 Å². The minimum absolute atomic E-state index is 0.476. The monoisotopic (exact) mass is 269 g/mol. The average molecular weight is 269 g/mol. The average Bonchev–Trinajstić information content (AvgIpc) is 3.00. The lowest BCUT2D eigenvalue weighted by atomic mass is 10.1. The van der Waals surface area contributed by atoms with Gasteiger partial charge in [0.1, 0.15) is 0 Å². The van der Waals surface area contributed by atoms with Crippen molar-refractivity contribution in [3.8, 4) is 0 Å². The van der Waals surface area contributed by atoms with Crippen molar-refractivity contribution in [2.24, 2.45) is 7.05 Å². The Morgan fingerprint density at radius 2 is 2.15 bits per heavy atom. The number of rotatable bonds is 4. The van der Waals surface area contributed by atoms with Gasteiger partial charge in [-0.15, -0.1) is 0 Å². The van der Waals surface area contributed by atoms with Crippen LogP contribution >= 0.6 is 0 Å². The Kier molecular flexibility index (Phi) is 3.62. The van der Waals surface area contributed by atoms with Crippen molar-refractivity contribution in [1.29, 1.82) is 0 Å². The van der Waals surface area contributed by atoms with Gasteiger partial charge in [-0.2, -0.15) is 5.10 Å². The zero-order chi connectivity index (χ0) is 14.1. The molecule has 3 rings (SSSR count). The predicted molar refractivity (Wildman–Crippen MR) is 81.6 cm³/mol. The van der Waals surface area contributed by atoms with Crippen LogP contribution in [0.15, 0.2) is 30.5 Å². The molecule has 0 bridgehead atoms. The number of aryl methyl sites for hydroxylation is 2. The molecular formula is C17H23N3. The number of benzene rings is 1. The lowest BCUT2D eigenvalue weighted by Gasteiger charge is -2.14. The van der Waals surface area contributed by atoms with Crippen LogP contribution in [0, 0.1) is 0 Å². The maximum Gasteiger partial charge on any atom is 0.0694 e. The number of aromatic nitrogens is 2. The SMILES string of the molecule is CC(C)c1nn(C)cc1CNC1CCc2ccccc21. The van der Waals surface area contributed by atoms with Crippen LogP contribution in [0.5, 0.6) is 0 Å². The van der Waals surface area contributed by atoms with Gasteiger partial charge in [-0.05, 0) is 29.9 Å². The lowest BCUT2D eigenvalue weighted by molar-refractivity contribution is 0.527. The summed E-state index contributed by atoms with van der Waals surface area (Å²) in [7, 11) is 2.00. The van der Waals surface area contributed by atoms with Crippen molar-refractivity contribution >= 4 is 0 Å². The van der Waals surface area contributed by atoms with E-state index >= 15 is 0 Å². The van der Waals surface area contributed by atoms with Crippen LogP contribution in [0.25, 0.3) is 0 Å². The Bertz CT molecular complexity index is 598. The third kappa shape index (κ3) is 2.50. The number of hydrogen-bond acceptors (Lipinski definition) is 2. The van der Waals surface area contributed by atoms with Crippen LogP contribution in [0.2, 0.25) is 0 Å². The highest BCUT2D eigenvalue weighted by Gasteiger charge is 2.22. The van der Waals surface area contributed by atoms with E-state index in [4.69, 9.17) is 0 Å². The summed E-state index contributed by atoms with van der Waals surface area (Å²) in [5.41, 5.74) is 5.51. The van der Waals surface area contributed by atoms with Crippen LogP contribution in [-0.2, 0) is 20.0 Å². The molecular weight excluding hydrogens is 246 g/mol. The highest BCUT2D eigenvalue weighted by molar-refractivity contribution is 5.34. The molecule has 106 valence electrons. The lowest BCUT2D eigenvalue weighted by Crippen LogP contribution is -2.19. The number of hydrogen-bond donors (Lipinski definition) is 1. The largest absolute Gasteiger partial charge is 0.306 e. The molecule has 0 radical (unpaired) electrons. The van der Waals surface area contributed by atoms with Crippen LogP contribution in [0.4, 0.5) is 0 Å². The summed E-state index contributed by atoms with van der Waals surface area (Å²) in [6.45, 7) is 5.31. The molecule has 1 aromatic heterocycles. The third-order valence-corrected chi connectivity index (χ3v) is 4.16. The van der Waals surface area contributed by atoms with E-state index in [0.29, 0.717) is 12.0 Å². The molecule has 3 heteroatoms. The van der Waals surface area contributed by atoms with Gasteiger partial charge in [-0.1, -0.05) is 38.1 Å². The number of fused-ring (bicyclic) bond motifs is 1. The fraction of sp³-hybridized carbons (Fsp3) is 0.471. The molecule has 1 atom stereocenters. The van der Waals surface area contributed by atoms with Gasteiger partial charge in [0.25, 0.3) is 0 Å². The second kappa shape index (κ2) is 5.41. The van der Waals surface area contributed by atoms with Crippen molar-refractivity contribution in [2.45, 2.75) is 45.2 Å². The van der Waals surface area contributed by atoms with Crippen molar-refractivity contribution in [3.63, 3.8) is 0 Å². The van der Waals surface area contributed by atoms with Crippen molar-refractivity contribution < 1.29 is 0 Å². The Balaban J connectivity index is 1.72. The molecule has 1 aromatic carbocycles. The summed E-state index contributed by atoms with van der Waals surface area (Å²) < 4.78 is 1.93. The molecule has 20 heavy (non-hydrogen) atoms. The Morgan fingerprint density at radius 3 is 2.95 bits per heavy atom. The zero-order valence-corrected chi connectivity index (χ0v) is 12.6. The van der Waals surface area contributed by atoms with E-state index in [1.807, 2.05) is 11.7 Å². The molecule has 0 spiro atoms. The molecule has 0 saturated carbocycles. The summed E-state index contributed by atoms with van der Waals surface area (Å²) in [6.07, 6.45) is 4.54. The first-order chi connectivity index (χ1) is 9.65. The first-order valence-corrected chi connectivity index (χ1v) is 7.48. The van der Waals surface area contributed by atoms with Gasteiger partial charge in [0.2, 0.25) is 0 Å². The van der Waals surface area contributed by atoms with Gasteiger partial charge in [0.05, 0.1) is 5.69 Å². The highest BCUT2D eigenvalue weighted by atomic mass is 15.3. The van der Waals surface area contributed by atoms with Crippen molar-refractivity contribution in [2.75, 3.05) is 0 Å². The maximum absolute atomic E-state index is 4.58. The molecule has 3 nitrogen and oxygen atoms in total. The Morgan fingerprint density at radius 1 is 1.35 bits per heavy atom. The van der Waals surface area contributed by atoms with Gasteiger partial charge in [0.15, 0.2) is 0 Å². The summed E-state index contributed by atoms with van der Waals surface area (Å²) in [5, 5.41) is 8.29. The normalized spacial score (nSPS) is 17.7. The van der Waals surface area contributed by atoms with E-state index in [1.54, 1.807) is 0 Å². The quantitative estimate of drug-likeness (QED) is 0.922. The summed E-state index contributed by atoms with van der Waals surface area (Å²) >= 11 is 0. The third-order valence-electron chi connectivity index (χ3n) is 4.16. The molecule has 1 unspecified atom stereocenters. The summed E-state index contributed by atoms with van der Waals surface area (Å²) in [5.74, 6) is 0.476. The fourth-order valence-electron chi connectivity index (χ4n) is 3.18. The second-order valence-electron chi connectivity index (χ2n) is 6.04. The highest BCUT2D eigenvalue weighted by Crippen LogP contribution is 2.31. The van der Waals surface area contributed by atoms with E-state index in [1.165, 1.54) is 35.2 Å². The van der Waals surface area contributed by atoms with Crippen LogP contribution in [-0.4, -0.2) is 9.78 Å². The second-order valence-corrected chi connectivity index (χ2v) is 6.04. The summed E-state index contributed by atoms with van der Waals surface area (Å²) in [6, 6.07) is 9.28. The van der Waals surface area contributed by atoms with Gasteiger partial charge < -0.3 is 5.32 Å². The van der Waals surface area contributed by atoms with Crippen LogP contribution in [0.3, 0.4) is 0 Å². The van der Waals surface area contributed by atoms with Gasteiger partial charge in [0, 0.05) is 31.4 Å². The molecule has 1 aliphatic rings. The van der Waals surface area contributed by atoms with E-state index < -0.39 is 0 Å². The van der Waals surface area contributed by atoms with Crippen molar-refractivity contribution in [1.82, 2.24) is 15.1 Å². The minimum atomic E-state index is 0.476. The van der Waals surface area contributed by atoms with E-state index in [9.17, 15) is 0 Å². The molecule has 0 fully saturated rings. The first-order valence-electron chi connectivity index (χ1n) is 7.48. The van der Waals surface area contributed by atoms with Crippen LogP contribution < -0.4 is 5.32 Å². The maximum atomic E-state index is 4.58. The van der Waals surface area contributed by atoms with E-state index in [-0.39, 0.29) is 0 Å². The van der Waals surface area contributed by atoms with E-state index in [2.05, 4.69) is 54.7 Å². The number of nitrogens with zero attached hydrogens (tertiary/aromatic N) is 2. The molecule has 0 saturated heterocycles. The van der Waals surface area contributed by atoms with Gasteiger partial charge in [-0.25, -0.2) is 0 Å². The smallest absolute Gasteiger partial charge is 0.0694 e. The molecule has 0 amide bonds. The molecule has 1 N–H and O–H groups in total.